The summed E-state index contributed by atoms with van der Waals surface area (Å²) in [6.07, 6.45) is 6.04. The monoisotopic (exact) mass is 585 g/mol. The first kappa shape index (κ1) is 27.1. The van der Waals surface area contributed by atoms with Gasteiger partial charge in [0.05, 0.1) is 16.5 Å². The molecule has 0 spiro atoms. The number of nitrogens with zero attached hydrogens (tertiary/aromatic N) is 7. The van der Waals surface area contributed by atoms with E-state index in [-0.39, 0.29) is 6.04 Å². The quantitative estimate of drug-likeness (QED) is 0.243. The lowest BCUT2D eigenvalue weighted by atomic mass is 9.90. The molecule has 0 bridgehead atoms. The van der Waals surface area contributed by atoms with Crippen molar-refractivity contribution in [1.82, 2.24) is 34.5 Å². The number of nitrogens with one attached hydrogen (secondary N) is 1. The van der Waals surface area contributed by atoms with E-state index in [4.69, 9.17) is 26.9 Å². The molecule has 1 aliphatic heterocycles. The summed E-state index contributed by atoms with van der Waals surface area (Å²) in [5.41, 5.74) is 11.1. The lowest BCUT2D eigenvalue weighted by Crippen LogP contribution is -2.52. The first-order valence-electron chi connectivity index (χ1n) is 14.8. The van der Waals surface area contributed by atoms with Crippen LogP contribution in [0.2, 0.25) is 5.02 Å². The average Bonchev–Trinajstić information content (AvgIpc) is 3.61. The second-order valence-corrected chi connectivity index (χ2v) is 12.1. The van der Waals surface area contributed by atoms with Gasteiger partial charge < -0.3 is 15.5 Å². The minimum absolute atomic E-state index is 0.288. The highest BCUT2D eigenvalue weighted by Gasteiger charge is 2.31. The van der Waals surface area contributed by atoms with Crippen LogP contribution in [-0.4, -0.2) is 72.8 Å². The molecule has 42 heavy (non-hydrogen) atoms. The van der Waals surface area contributed by atoms with Gasteiger partial charge in [0.1, 0.15) is 23.4 Å². The number of oxazole rings is 1. The number of hydrogen-bond donors (Lipinski definition) is 2. The summed E-state index contributed by atoms with van der Waals surface area (Å²) in [6, 6.07) is 15.4. The molecule has 5 aromatic rings. The third-order valence-electron chi connectivity index (χ3n) is 8.90. The van der Waals surface area contributed by atoms with Gasteiger partial charge in [-0.2, -0.15) is 10.1 Å². The van der Waals surface area contributed by atoms with Gasteiger partial charge in [0.15, 0.2) is 11.2 Å². The normalized spacial score (nSPS) is 20.6. The fourth-order valence-electron chi connectivity index (χ4n) is 6.54. The molecule has 0 atom stereocenters. The molecule has 4 heterocycles. The summed E-state index contributed by atoms with van der Waals surface area (Å²) in [7, 11) is 0. The van der Waals surface area contributed by atoms with Gasteiger partial charge in [-0.3, -0.25) is 9.80 Å². The van der Waals surface area contributed by atoms with Crippen LogP contribution in [0, 0.1) is 0 Å². The Morgan fingerprint density at radius 2 is 1.69 bits per heavy atom. The van der Waals surface area contributed by atoms with E-state index in [9.17, 15) is 0 Å². The highest BCUT2D eigenvalue weighted by atomic mass is 35.5. The molecule has 10 nitrogen and oxygen atoms in total. The zero-order valence-electron chi connectivity index (χ0n) is 24.0. The molecule has 11 heteroatoms. The van der Waals surface area contributed by atoms with Crippen LogP contribution in [0.15, 0.2) is 53.2 Å². The van der Waals surface area contributed by atoms with Crippen LogP contribution in [0.3, 0.4) is 0 Å². The summed E-state index contributed by atoms with van der Waals surface area (Å²) in [6.45, 7) is 9.24. The highest BCUT2D eigenvalue weighted by Crippen LogP contribution is 2.37. The first-order valence-corrected chi connectivity index (χ1v) is 15.2. The van der Waals surface area contributed by atoms with E-state index < -0.39 is 0 Å². The smallest absolute Gasteiger partial charge is 0.300 e. The number of rotatable bonds is 6. The number of nitrogen functional groups attached to an aromatic ring is 1. The van der Waals surface area contributed by atoms with Crippen LogP contribution in [0.5, 0.6) is 0 Å². The number of aromatic nitrogens is 5. The molecule has 1 saturated heterocycles. The van der Waals surface area contributed by atoms with E-state index >= 15 is 0 Å². The molecular weight excluding hydrogens is 550 g/mol. The van der Waals surface area contributed by atoms with Gasteiger partial charge in [-0.25, -0.2) is 14.6 Å². The molecule has 7 rings (SSSR count). The molecule has 1 aliphatic carbocycles. The van der Waals surface area contributed by atoms with Crippen LogP contribution in [0.1, 0.15) is 45.6 Å². The van der Waals surface area contributed by atoms with Crippen molar-refractivity contribution in [2.24, 2.45) is 0 Å². The molecule has 0 radical (unpaired) electrons. The highest BCUT2D eigenvalue weighted by molar-refractivity contribution is 6.34. The zero-order chi connectivity index (χ0) is 28.8. The number of hydrogen-bond acceptors (Lipinski definition) is 9. The maximum Gasteiger partial charge on any atom is 0.300 e. The topological polar surface area (TPSA) is 114 Å². The van der Waals surface area contributed by atoms with Crippen molar-refractivity contribution in [3.63, 3.8) is 0 Å². The number of anilines is 3. The van der Waals surface area contributed by atoms with Gasteiger partial charge in [-0.1, -0.05) is 29.8 Å². The molecule has 2 aliphatic rings. The standard InChI is InChI=1S/C31H36ClN9O/c1-19(2)39-14-16-40(17-15-39)22-10-12-23(13-11-22)41-30-26(29(33)34-18-35-30)27(38-41)20-6-8-21(9-7-20)36-31-37-25-5-3-4-24(32)28(25)42-31/h3-9,18-19,22-23H,10-17H2,1-2H3,(H,36,37)(H2,33,34,35). The predicted molar refractivity (Wildman–Crippen MR) is 167 cm³/mol. The number of nitrogens with two attached hydrogens (primary N) is 1. The molecular formula is C31H36ClN9O. The average molecular weight is 586 g/mol. The van der Waals surface area contributed by atoms with Gasteiger partial charge in [-0.05, 0) is 63.8 Å². The van der Waals surface area contributed by atoms with Crippen LogP contribution in [0.25, 0.3) is 33.4 Å². The Bertz CT molecular complexity index is 1700. The van der Waals surface area contributed by atoms with Crippen molar-refractivity contribution >= 4 is 51.3 Å². The third-order valence-corrected chi connectivity index (χ3v) is 9.20. The molecule has 1 saturated carbocycles. The molecule has 2 aromatic carbocycles. The van der Waals surface area contributed by atoms with Crippen molar-refractivity contribution in [3.8, 4) is 11.3 Å². The molecule has 0 amide bonds. The van der Waals surface area contributed by atoms with Gasteiger partial charge >= 0.3 is 0 Å². The number of benzene rings is 2. The Kier molecular flexibility index (Phi) is 7.21. The third kappa shape index (κ3) is 5.08. The van der Waals surface area contributed by atoms with Crippen LogP contribution in [0.4, 0.5) is 17.5 Å². The second kappa shape index (κ2) is 11.2. The van der Waals surface area contributed by atoms with Gasteiger partial charge in [0, 0.05) is 49.5 Å². The maximum atomic E-state index is 6.41. The van der Waals surface area contributed by atoms with Crippen LogP contribution < -0.4 is 11.1 Å². The van der Waals surface area contributed by atoms with E-state index in [0.29, 0.717) is 40.0 Å². The Morgan fingerprint density at radius 1 is 0.952 bits per heavy atom. The Hall–Kier alpha value is -3.73. The van der Waals surface area contributed by atoms with Crippen LogP contribution in [-0.2, 0) is 0 Å². The molecule has 0 unspecified atom stereocenters. The summed E-state index contributed by atoms with van der Waals surface area (Å²) >= 11 is 6.24. The fourth-order valence-corrected chi connectivity index (χ4v) is 6.75. The second-order valence-electron chi connectivity index (χ2n) is 11.7. The summed E-state index contributed by atoms with van der Waals surface area (Å²) in [5.74, 6) is 0.448. The number of piperazine rings is 1. The van der Waals surface area contributed by atoms with Crippen molar-refractivity contribution < 1.29 is 4.42 Å². The number of halogens is 1. The van der Waals surface area contributed by atoms with E-state index in [0.717, 1.165) is 53.9 Å². The van der Waals surface area contributed by atoms with E-state index in [1.165, 1.54) is 25.9 Å². The molecule has 3 N–H and O–H groups in total. The fraction of sp³-hybridized carbons (Fsp3) is 0.419. The van der Waals surface area contributed by atoms with E-state index in [2.05, 4.69) is 48.6 Å². The van der Waals surface area contributed by atoms with Gasteiger partial charge in [0.25, 0.3) is 6.01 Å². The SMILES string of the molecule is CC(C)N1CCN(C2CCC(n3nc(-c4ccc(Nc5nc6cccc(Cl)c6o5)cc4)c4c(N)ncnc43)CC2)CC1. The zero-order valence-corrected chi connectivity index (χ0v) is 24.8. The van der Waals surface area contributed by atoms with Crippen LogP contribution >= 0.6 is 11.6 Å². The minimum atomic E-state index is 0.288. The van der Waals surface area contributed by atoms with E-state index in [1.807, 2.05) is 36.4 Å². The summed E-state index contributed by atoms with van der Waals surface area (Å²) < 4.78 is 7.91. The van der Waals surface area contributed by atoms with Crippen molar-refractivity contribution in [2.45, 2.75) is 57.7 Å². The Labute approximate surface area is 249 Å². The lowest BCUT2D eigenvalue weighted by Gasteiger charge is -2.43. The first-order chi connectivity index (χ1) is 20.4. The minimum Gasteiger partial charge on any atom is -0.422 e. The lowest BCUT2D eigenvalue weighted by molar-refractivity contribution is 0.0578. The number of fused-ring (bicyclic) bond motifs is 2. The Morgan fingerprint density at radius 3 is 2.40 bits per heavy atom. The van der Waals surface area contributed by atoms with Gasteiger partial charge in [-0.15, -0.1) is 0 Å². The van der Waals surface area contributed by atoms with Gasteiger partial charge in [0.2, 0.25) is 0 Å². The Balaban J connectivity index is 1.09. The van der Waals surface area contributed by atoms with E-state index in [1.54, 1.807) is 12.4 Å². The summed E-state index contributed by atoms with van der Waals surface area (Å²) in [5, 5.41) is 9.67. The molecule has 2 fully saturated rings. The molecule has 3 aromatic heterocycles. The molecule has 218 valence electrons. The number of para-hydroxylation sites is 1. The predicted octanol–water partition coefficient (Wildman–Crippen LogP) is 6.12. The maximum absolute atomic E-state index is 6.41. The summed E-state index contributed by atoms with van der Waals surface area (Å²) in [4.78, 5) is 18.7. The van der Waals surface area contributed by atoms with Crippen molar-refractivity contribution in [3.05, 3.63) is 53.8 Å². The van der Waals surface area contributed by atoms with Crippen molar-refractivity contribution in [2.75, 3.05) is 37.2 Å². The van der Waals surface area contributed by atoms with Crippen molar-refractivity contribution in [1.29, 1.82) is 0 Å². The largest absolute Gasteiger partial charge is 0.422 e.